The van der Waals surface area contributed by atoms with Crippen LogP contribution in [0.25, 0.3) is 10.9 Å². The molecule has 7 nitrogen and oxygen atoms in total. The van der Waals surface area contributed by atoms with Gasteiger partial charge >= 0.3 is 0 Å². The van der Waals surface area contributed by atoms with Gasteiger partial charge in [0.05, 0.1) is 17.2 Å². The zero-order valence-electron chi connectivity index (χ0n) is 16.3. The fraction of sp³-hybridized carbons (Fsp3) is 0.318. The molecule has 150 valence electrons. The molecule has 0 bridgehead atoms. The van der Waals surface area contributed by atoms with E-state index in [0.717, 1.165) is 36.6 Å². The van der Waals surface area contributed by atoms with E-state index in [1.807, 2.05) is 37.4 Å². The van der Waals surface area contributed by atoms with Crippen molar-refractivity contribution in [2.75, 3.05) is 0 Å². The van der Waals surface area contributed by atoms with Crippen molar-refractivity contribution in [1.29, 1.82) is 0 Å². The molecular formula is C22H24N4O3. The number of nitrogens with one attached hydrogen (secondary N) is 1. The third-order valence-electron chi connectivity index (χ3n) is 5.43. The number of amides is 2. The van der Waals surface area contributed by atoms with Crippen molar-refractivity contribution in [1.82, 2.24) is 15.1 Å². The van der Waals surface area contributed by atoms with E-state index in [0.29, 0.717) is 17.0 Å². The number of nitrogens with two attached hydrogens (primary N) is 1. The lowest BCUT2D eigenvalue weighted by atomic mass is 9.92. The van der Waals surface area contributed by atoms with Gasteiger partial charge in [-0.3, -0.25) is 14.3 Å². The Bertz CT molecular complexity index is 1050. The summed E-state index contributed by atoms with van der Waals surface area (Å²) < 4.78 is 7.74. The number of nitrogens with zero attached hydrogens (tertiary/aromatic N) is 2. The van der Waals surface area contributed by atoms with Crippen molar-refractivity contribution < 1.29 is 14.3 Å². The number of hydrogen-bond acceptors (Lipinski definition) is 4. The van der Waals surface area contributed by atoms with E-state index in [9.17, 15) is 9.59 Å². The van der Waals surface area contributed by atoms with Gasteiger partial charge < -0.3 is 15.8 Å². The highest BCUT2D eigenvalue weighted by atomic mass is 16.5. The van der Waals surface area contributed by atoms with Crippen LogP contribution in [-0.2, 0) is 7.05 Å². The number of benzene rings is 2. The summed E-state index contributed by atoms with van der Waals surface area (Å²) in [6, 6.07) is 14.8. The lowest BCUT2D eigenvalue weighted by Gasteiger charge is -2.29. The smallest absolute Gasteiger partial charge is 0.272 e. The lowest BCUT2D eigenvalue weighted by molar-refractivity contribution is 0.0882. The number of fused-ring (bicyclic) bond motifs is 1. The van der Waals surface area contributed by atoms with Crippen LogP contribution in [-0.4, -0.2) is 33.7 Å². The fourth-order valence-corrected chi connectivity index (χ4v) is 3.91. The van der Waals surface area contributed by atoms with Crippen LogP contribution >= 0.6 is 0 Å². The summed E-state index contributed by atoms with van der Waals surface area (Å²) in [5.74, 6) is -0.123. The van der Waals surface area contributed by atoms with Crippen LogP contribution in [0.5, 0.6) is 5.75 Å². The predicted molar refractivity (Wildman–Crippen MR) is 110 cm³/mol. The number of hydrogen-bond donors (Lipinski definition) is 2. The highest BCUT2D eigenvalue weighted by Crippen LogP contribution is 2.26. The molecule has 1 fully saturated rings. The molecule has 0 aliphatic heterocycles. The molecule has 1 aromatic heterocycles. The Labute approximate surface area is 168 Å². The monoisotopic (exact) mass is 392 g/mol. The number of ether oxygens (including phenoxy) is 1. The van der Waals surface area contributed by atoms with E-state index < -0.39 is 5.91 Å². The van der Waals surface area contributed by atoms with E-state index in [-0.39, 0.29) is 18.1 Å². The van der Waals surface area contributed by atoms with Gasteiger partial charge in [0, 0.05) is 18.5 Å². The maximum absolute atomic E-state index is 12.8. The Morgan fingerprint density at radius 3 is 2.52 bits per heavy atom. The molecule has 0 radical (unpaired) electrons. The van der Waals surface area contributed by atoms with E-state index in [1.165, 1.54) is 0 Å². The van der Waals surface area contributed by atoms with Crippen molar-refractivity contribution in [3.05, 3.63) is 59.8 Å². The summed E-state index contributed by atoms with van der Waals surface area (Å²) in [5, 5.41) is 8.35. The van der Waals surface area contributed by atoms with E-state index in [1.54, 1.807) is 22.9 Å². The summed E-state index contributed by atoms with van der Waals surface area (Å²) in [5.41, 5.74) is 7.20. The molecule has 29 heavy (non-hydrogen) atoms. The molecule has 0 saturated heterocycles. The van der Waals surface area contributed by atoms with Crippen LogP contribution in [0.3, 0.4) is 0 Å². The maximum atomic E-state index is 12.8. The standard InChI is InChI=1S/C22H24N4O3/c1-26-18-8-4-2-6-16(18)20(25-26)22(28)24-14-10-12-15(13-11-14)29-19-9-5-3-7-17(19)21(23)27/h2-9,14-15H,10-13H2,1H3,(H2,23,27)(H,24,28). The highest BCUT2D eigenvalue weighted by molar-refractivity contribution is 6.04. The zero-order valence-corrected chi connectivity index (χ0v) is 16.3. The molecule has 1 heterocycles. The first kappa shape index (κ1) is 19.0. The maximum Gasteiger partial charge on any atom is 0.272 e. The number of carbonyl (C=O) groups excluding carboxylic acids is 2. The summed E-state index contributed by atoms with van der Waals surface area (Å²) in [4.78, 5) is 24.3. The molecule has 3 N–H and O–H groups in total. The summed E-state index contributed by atoms with van der Waals surface area (Å²) in [6.45, 7) is 0. The molecule has 0 spiro atoms. The van der Waals surface area contributed by atoms with E-state index in [4.69, 9.17) is 10.5 Å². The average Bonchev–Trinajstić information content (AvgIpc) is 3.07. The van der Waals surface area contributed by atoms with Crippen molar-refractivity contribution >= 4 is 22.7 Å². The Morgan fingerprint density at radius 2 is 1.76 bits per heavy atom. The first-order chi connectivity index (χ1) is 14.0. The third kappa shape index (κ3) is 3.94. The average molecular weight is 392 g/mol. The molecule has 3 aromatic rings. The molecule has 2 amide bonds. The number of primary amides is 1. The quantitative estimate of drug-likeness (QED) is 0.697. The van der Waals surface area contributed by atoms with Crippen molar-refractivity contribution in [2.45, 2.75) is 37.8 Å². The van der Waals surface area contributed by atoms with Gasteiger partial charge in [0.15, 0.2) is 5.69 Å². The predicted octanol–water partition coefficient (Wildman–Crippen LogP) is 2.79. The van der Waals surface area contributed by atoms with Gasteiger partial charge in [-0.2, -0.15) is 5.10 Å². The van der Waals surface area contributed by atoms with Crippen LogP contribution in [0.1, 0.15) is 46.5 Å². The summed E-state index contributed by atoms with van der Waals surface area (Å²) >= 11 is 0. The molecule has 7 heteroatoms. The minimum Gasteiger partial charge on any atom is -0.490 e. The molecule has 2 aromatic carbocycles. The molecule has 0 atom stereocenters. The second-order valence-electron chi connectivity index (χ2n) is 7.41. The molecule has 1 saturated carbocycles. The van der Waals surface area contributed by atoms with Crippen LogP contribution in [0.15, 0.2) is 48.5 Å². The van der Waals surface area contributed by atoms with E-state index >= 15 is 0 Å². The Morgan fingerprint density at radius 1 is 1.07 bits per heavy atom. The normalized spacial score (nSPS) is 19.1. The second kappa shape index (κ2) is 7.95. The zero-order chi connectivity index (χ0) is 20.4. The molecular weight excluding hydrogens is 368 g/mol. The van der Waals surface area contributed by atoms with Gasteiger partial charge in [0.2, 0.25) is 0 Å². The van der Waals surface area contributed by atoms with Crippen LogP contribution in [0, 0.1) is 0 Å². The third-order valence-corrected chi connectivity index (χ3v) is 5.43. The number of aromatic nitrogens is 2. The van der Waals surface area contributed by atoms with Gasteiger partial charge in [-0.1, -0.05) is 30.3 Å². The molecule has 4 rings (SSSR count). The molecule has 0 unspecified atom stereocenters. The Hall–Kier alpha value is -3.35. The lowest BCUT2D eigenvalue weighted by Crippen LogP contribution is -2.40. The number of carbonyl (C=O) groups is 2. The largest absolute Gasteiger partial charge is 0.490 e. The van der Waals surface area contributed by atoms with Gasteiger partial charge in [-0.15, -0.1) is 0 Å². The number of aryl methyl sites for hydroxylation is 1. The van der Waals surface area contributed by atoms with Crippen LogP contribution < -0.4 is 15.8 Å². The SMILES string of the molecule is Cn1nc(C(=O)NC2CCC(Oc3ccccc3C(N)=O)CC2)c2ccccc21. The van der Waals surface area contributed by atoms with Crippen LogP contribution in [0.4, 0.5) is 0 Å². The topological polar surface area (TPSA) is 99.2 Å². The van der Waals surface area contributed by atoms with Crippen molar-refractivity contribution in [3.63, 3.8) is 0 Å². The van der Waals surface area contributed by atoms with Gasteiger partial charge in [0.1, 0.15) is 5.75 Å². The van der Waals surface area contributed by atoms with E-state index in [2.05, 4.69) is 10.4 Å². The molecule has 1 aliphatic rings. The first-order valence-electron chi connectivity index (χ1n) is 9.81. The number of para-hydroxylation sites is 2. The number of rotatable bonds is 5. The summed E-state index contributed by atoms with van der Waals surface area (Å²) in [6.07, 6.45) is 3.20. The summed E-state index contributed by atoms with van der Waals surface area (Å²) in [7, 11) is 1.84. The Kier molecular flexibility index (Phi) is 5.20. The minimum atomic E-state index is -0.496. The minimum absolute atomic E-state index is 0.000618. The van der Waals surface area contributed by atoms with Gasteiger partial charge in [-0.05, 0) is 43.9 Å². The Balaban J connectivity index is 1.37. The molecule has 1 aliphatic carbocycles. The fourth-order valence-electron chi connectivity index (χ4n) is 3.91. The highest BCUT2D eigenvalue weighted by Gasteiger charge is 2.26. The first-order valence-corrected chi connectivity index (χ1v) is 9.81. The van der Waals surface area contributed by atoms with Crippen LogP contribution in [0.2, 0.25) is 0 Å². The van der Waals surface area contributed by atoms with Gasteiger partial charge in [-0.25, -0.2) is 0 Å². The van der Waals surface area contributed by atoms with Crippen molar-refractivity contribution in [2.24, 2.45) is 12.8 Å². The second-order valence-corrected chi connectivity index (χ2v) is 7.41. The van der Waals surface area contributed by atoms with Crippen molar-refractivity contribution in [3.8, 4) is 5.75 Å². The van der Waals surface area contributed by atoms with Gasteiger partial charge in [0.25, 0.3) is 11.8 Å².